The maximum Gasteiger partial charge on any atom is 0.266 e. The van der Waals surface area contributed by atoms with E-state index < -0.39 is 29.6 Å². The van der Waals surface area contributed by atoms with Crippen LogP contribution in [0.15, 0.2) is 34.8 Å². The second-order valence-corrected chi connectivity index (χ2v) is 6.45. The Labute approximate surface area is 150 Å². The average Bonchev–Trinajstić information content (AvgIpc) is 2.52. The zero-order valence-corrected chi connectivity index (χ0v) is 14.6. The number of aryl methyl sites for hydroxylation is 1. The smallest absolute Gasteiger partial charge is 0.266 e. The summed E-state index contributed by atoms with van der Waals surface area (Å²) in [5.74, 6) is -2.34. The van der Waals surface area contributed by atoms with Crippen molar-refractivity contribution in [2.45, 2.75) is 19.4 Å². The van der Waals surface area contributed by atoms with Gasteiger partial charge in [0.2, 0.25) is 5.91 Å². The van der Waals surface area contributed by atoms with Crippen molar-refractivity contribution in [1.29, 1.82) is 0 Å². The van der Waals surface area contributed by atoms with Gasteiger partial charge in [0.15, 0.2) is 11.9 Å². The van der Waals surface area contributed by atoms with Crippen LogP contribution in [0, 0.1) is 18.6 Å². The van der Waals surface area contributed by atoms with Gasteiger partial charge in [-0.15, -0.1) is 0 Å². The van der Waals surface area contributed by atoms with E-state index in [2.05, 4.69) is 26.6 Å². The van der Waals surface area contributed by atoms with Gasteiger partial charge in [0.05, 0.1) is 17.8 Å². The Bertz CT molecular complexity index is 850. The molecule has 0 radical (unpaired) electrons. The topological polar surface area (TPSA) is 67.4 Å². The molecule has 0 aliphatic carbocycles. The Morgan fingerprint density at radius 2 is 2.08 bits per heavy atom. The van der Waals surface area contributed by atoms with E-state index in [1.54, 1.807) is 12.1 Å². The third-order valence-corrected chi connectivity index (χ3v) is 4.22. The molecule has 1 aliphatic heterocycles. The summed E-state index contributed by atoms with van der Waals surface area (Å²) in [7, 11) is 0. The maximum absolute atomic E-state index is 13.8. The quantitative estimate of drug-likeness (QED) is 0.809. The predicted molar refractivity (Wildman–Crippen MR) is 91.5 cm³/mol. The lowest BCUT2D eigenvalue weighted by atomic mass is 10.1. The molecule has 0 aromatic heterocycles. The minimum absolute atomic E-state index is 0.0631. The molecule has 25 heavy (non-hydrogen) atoms. The molecule has 2 aromatic rings. The molecule has 0 fully saturated rings. The van der Waals surface area contributed by atoms with Gasteiger partial charge < -0.3 is 15.4 Å². The van der Waals surface area contributed by atoms with Gasteiger partial charge in [-0.2, -0.15) is 0 Å². The normalized spacial score (nSPS) is 15.8. The summed E-state index contributed by atoms with van der Waals surface area (Å²) in [4.78, 5) is 24.2. The number of carbonyl (C=O) groups is 2. The van der Waals surface area contributed by atoms with Crippen LogP contribution in [0.2, 0.25) is 0 Å². The SMILES string of the molecule is Cc1ccc2c(c1)NC(=O)[C@@H](CC(=O)Nc1c(F)cc(F)cc1Br)O2. The molecule has 130 valence electrons. The molecule has 0 spiro atoms. The van der Waals surface area contributed by atoms with Crippen LogP contribution in [0.3, 0.4) is 0 Å². The van der Waals surface area contributed by atoms with Crippen molar-refractivity contribution < 1.29 is 23.1 Å². The Balaban J connectivity index is 1.71. The maximum atomic E-state index is 13.8. The third kappa shape index (κ3) is 3.79. The van der Waals surface area contributed by atoms with E-state index in [9.17, 15) is 18.4 Å². The lowest BCUT2D eigenvalue weighted by molar-refractivity contribution is -0.128. The molecule has 0 saturated carbocycles. The van der Waals surface area contributed by atoms with Crippen LogP contribution in [0.25, 0.3) is 0 Å². The number of ether oxygens (including phenoxy) is 1. The zero-order chi connectivity index (χ0) is 18.1. The number of halogens is 3. The number of nitrogens with one attached hydrogen (secondary N) is 2. The van der Waals surface area contributed by atoms with E-state index in [0.29, 0.717) is 17.5 Å². The Morgan fingerprint density at radius 3 is 2.80 bits per heavy atom. The first-order valence-electron chi connectivity index (χ1n) is 7.36. The number of fused-ring (bicyclic) bond motifs is 1. The van der Waals surface area contributed by atoms with Crippen molar-refractivity contribution in [3.8, 4) is 5.75 Å². The largest absolute Gasteiger partial charge is 0.478 e. The number of benzene rings is 2. The van der Waals surface area contributed by atoms with Crippen LogP contribution >= 0.6 is 15.9 Å². The van der Waals surface area contributed by atoms with Crippen molar-refractivity contribution in [3.63, 3.8) is 0 Å². The van der Waals surface area contributed by atoms with E-state index in [0.717, 1.165) is 11.6 Å². The number of hydrogen-bond acceptors (Lipinski definition) is 3. The van der Waals surface area contributed by atoms with Gasteiger partial charge in [-0.1, -0.05) is 6.07 Å². The molecule has 2 N–H and O–H groups in total. The summed E-state index contributed by atoms with van der Waals surface area (Å²) in [6.07, 6.45) is -1.36. The fourth-order valence-electron chi connectivity index (χ4n) is 2.42. The van der Waals surface area contributed by atoms with Crippen molar-refractivity contribution in [1.82, 2.24) is 0 Å². The average molecular weight is 411 g/mol. The molecule has 3 rings (SSSR count). The van der Waals surface area contributed by atoms with Crippen LogP contribution in [0.4, 0.5) is 20.2 Å². The minimum atomic E-state index is -1.04. The summed E-state index contributed by atoms with van der Waals surface area (Å²) in [6.45, 7) is 1.88. The van der Waals surface area contributed by atoms with Crippen LogP contribution in [-0.2, 0) is 9.59 Å². The summed E-state index contributed by atoms with van der Waals surface area (Å²) in [6, 6.07) is 6.96. The standard InChI is InChI=1S/C17H13BrF2N2O3/c1-8-2-3-13-12(4-8)21-17(24)14(25-13)7-15(23)22-16-10(18)5-9(19)6-11(16)20/h2-6,14H,7H2,1H3,(H,21,24)(H,22,23)/t14-/m1/s1. The second-order valence-electron chi connectivity index (χ2n) is 5.59. The molecule has 1 aliphatic rings. The lowest BCUT2D eigenvalue weighted by Crippen LogP contribution is -2.39. The predicted octanol–water partition coefficient (Wildman–Crippen LogP) is 3.76. The van der Waals surface area contributed by atoms with Gasteiger partial charge in [0, 0.05) is 10.5 Å². The molecular weight excluding hydrogens is 398 g/mol. The summed E-state index contributed by atoms with van der Waals surface area (Å²) < 4.78 is 32.5. The van der Waals surface area contributed by atoms with E-state index in [1.165, 1.54) is 0 Å². The highest BCUT2D eigenvalue weighted by molar-refractivity contribution is 9.10. The molecule has 5 nitrogen and oxygen atoms in total. The lowest BCUT2D eigenvalue weighted by Gasteiger charge is -2.25. The van der Waals surface area contributed by atoms with Gasteiger partial charge >= 0.3 is 0 Å². The van der Waals surface area contributed by atoms with Crippen molar-refractivity contribution in [2.24, 2.45) is 0 Å². The highest BCUT2D eigenvalue weighted by atomic mass is 79.9. The number of hydrogen-bond donors (Lipinski definition) is 2. The molecule has 0 bridgehead atoms. The molecule has 0 saturated heterocycles. The molecule has 2 amide bonds. The number of amides is 2. The van der Waals surface area contributed by atoms with Gasteiger partial charge in [0.25, 0.3) is 5.91 Å². The van der Waals surface area contributed by atoms with Crippen molar-refractivity contribution >= 4 is 39.1 Å². The zero-order valence-electron chi connectivity index (χ0n) is 13.0. The molecule has 8 heteroatoms. The van der Waals surface area contributed by atoms with E-state index in [1.807, 2.05) is 13.0 Å². The fourth-order valence-corrected chi connectivity index (χ4v) is 2.93. The first-order valence-corrected chi connectivity index (χ1v) is 8.15. The second kappa shape index (κ2) is 6.79. The molecule has 1 heterocycles. The minimum Gasteiger partial charge on any atom is -0.478 e. The van der Waals surface area contributed by atoms with Crippen LogP contribution in [-0.4, -0.2) is 17.9 Å². The van der Waals surface area contributed by atoms with Gasteiger partial charge in [-0.05, 0) is 46.6 Å². The van der Waals surface area contributed by atoms with E-state index >= 15 is 0 Å². The highest BCUT2D eigenvalue weighted by Crippen LogP contribution is 2.31. The Morgan fingerprint density at radius 1 is 1.32 bits per heavy atom. The molecule has 1 atom stereocenters. The molecule has 2 aromatic carbocycles. The van der Waals surface area contributed by atoms with Crippen molar-refractivity contribution in [3.05, 3.63) is 52.0 Å². The van der Waals surface area contributed by atoms with Crippen molar-refractivity contribution in [2.75, 3.05) is 10.6 Å². The molecular formula is C17H13BrF2N2O3. The number of anilines is 2. The first kappa shape index (κ1) is 17.3. The summed E-state index contributed by atoms with van der Waals surface area (Å²) in [5, 5.41) is 4.99. The summed E-state index contributed by atoms with van der Waals surface area (Å²) >= 11 is 2.99. The Kier molecular flexibility index (Phi) is 4.71. The fraction of sp³-hybridized carbons (Fsp3) is 0.176. The third-order valence-electron chi connectivity index (χ3n) is 3.60. The summed E-state index contributed by atoms with van der Waals surface area (Å²) in [5.41, 5.74) is 1.29. The highest BCUT2D eigenvalue weighted by Gasteiger charge is 2.30. The first-order chi connectivity index (χ1) is 11.8. The van der Waals surface area contributed by atoms with Gasteiger partial charge in [0.1, 0.15) is 11.6 Å². The van der Waals surface area contributed by atoms with Gasteiger partial charge in [-0.3, -0.25) is 9.59 Å². The number of rotatable bonds is 3. The molecule has 0 unspecified atom stereocenters. The Hall–Kier alpha value is -2.48. The van der Waals surface area contributed by atoms with E-state index in [-0.39, 0.29) is 16.6 Å². The van der Waals surface area contributed by atoms with E-state index in [4.69, 9.17) is 4.74 Å². The monoisotopic (exact) mass is 410 g/mol. The van der Waals surface area contributed by atoms with Crippen LogP contribution < -0.4 is 15.4 Å². The van der Waals surface area contributed by atoms with Crippen LogP contribution in [0.1, 0.15) is 12.0 Å². The van der Waals surface area contributed by atoms with Gasteiger partial charge in [-0.25, -0.2) is 8.78 Å². The number of carbonyl (C=O) groups excluding carboxylic acids is 2. The van der Waals surface area contributed by atoms with Crippen LogP contribution in [0.5, 0.6) is 5.75 Å².